The standard InChI is InChI=1S/C12H13FN2O2/c1-2-12(16)15-14-10-5-6-17-11-4-3-8(13)7-9(10)11/h3-4,7H,2,5-6H2,1H3,(H,15,16)/b14-10-. The average Bonchev–Trinajstić information content (AvgIpc) is 2.35. The van der Waals surface area contributed by atoms with Gasteiger partial charge in [-0.25, -0.2) is 9.82 Å². The number of nitrogens with one attached hydrogen (secondary N) is 1. The first-order chi connectivity index (χ1) is 8.20. The van der Waals surface area contributed by atoms with Crippen molar-refractivity contribution >= 4 is 11.6 Å². The van der Waals surface area contributed by atoms with Crippen molar-refractivity contribution in [3.63, 3.8) is 0 Å². The van der Waals surface area contributed by atoms with Gasteiger partial charge in [-0.2, -0.15) is 5.10 Å². The Bertz CT molecular complexity index is 472. The first kappa shape index (κ1) is 11.6. The van der Waals surface area contributed by atoms with E-state index in [1.54, 1.807) is 13.0 Å². The van der Waals surface area contributed by atoms with Crippen LogP contribution in [0.1, 0.15) is 25.3 Å². The number of carbonyl (C=O) groups excluding carboxylic acids is 1. The monoisotopic (exact) mass is 236 g/mol. The maximum absolute atomic E-state index is 13.1. The molecular weight excluding hydrogens is 223 g/mol. The molecule has 1 heterocycles. The first-order valence-electron chi connectivity index (χ1n) is 5.49. The third kappa shape index (κ3) is 2.61. The van der Waals surface area contributed by atoms with Gasteiger partial charge in [-0.1, -0.05) is 6.92 Å². The Morgan fingerprint density at radius 3 is 3.18 bits per heavy atom. The SMILES string of the molecule is CCC(=O)N/N=C1/CCOc2ccc(F)cc21. The maximum atomic E-state index is 13.1. The third-order valence-electron chi connectivity index (χ3n) is 2.49. The lowest BCUT2D eigenvalue weighted by Crippen LogP contribution is -2.23. The summed E-state index contributed by atoms with van der Waals surface area (Å²) in [4.78, 5) is 11.1. The minimum atomic E-state index is -0.344. The van der Waals surface area contributed by atoms with E-state index < -0.39 is 0 Å². The van der Waals surface area contributed by atoms with Crippen LogP contribution in [-0.4, -0.2) is 18.2 Å². The summed E-state index contributed by atoms with van der Waals surface area (Å²) in [5, 5.41) is 4.01. The molecule has 0 aromatic heterocycles. The van der Waals surface area contributed by atoms with Crippen LogP contribution < -0.4 is 10.2 Å². The molecule has 0 unspecified atom stereocenters. The smallest absolute Gasteiger partial charge is 0.239 e. The minimum absolute atomic E-state index is 0.165. The van der Waals surface area contributed by atoms with Gasteiger partial charge < -0.3 is 4.74 Å². The zero-order valence-corrected chi connectivity index (χ0v) is 9.50. The minimum Gasteiger partial charge on any atom is -0.492 e. The fraction of sp³-hybridized carbons (Fsp3) is 0.333. The third-order valence-corrected chi connectivity index (χ3v) is 2.49. The molecule has 1 amide bonds. The molecule has 4 nitrogen and oxygen atoms in total. The average molecular weight is 236 g/mol. The molecule has 0 saturated heterocycles. The molecule has 1 N–H and O–H groups in total. The molecule has 5 heteroatoms. The van der Waals surface area contributed by atoms with Crippen LogP contribution in [-0.2, 0) is 4.79 Å². The Kier molecular flexibility index (Phi) is 3.37. The van der Waals surface area contributed by atoms with Crippen molar-refractivity contribution in [2.24, 2.45) is 5.10 Å². The van der Waals surface area contributed by atoms with Gasteiger partial charge in [0.1, 0.15) is 11.6 Å². The molecule has 1 aliphatic heterocycles. The van der Waals surface area contributed by atoms with Gasteiger partial charge in [-0.3, -0.25) is 4.79 Å². The van der Waals surface area contributed by atoms with Crippen LogP contribution in [0, 0.1) is 5.82 Å². The summed E-state index contributed by atoms with van der Waals surface area (Å²) in [5.41, 5.74) is 3.68. The molecule has 0 saturated carbocycles. The molecular formula is C12H13FN2O2. The summed E-state index contributed by atoms with van der Waals surface area (Å²) in [6, 6.07) is 4.28. The van der Waals surface area contributed by atoms with Gasteiger partial charge in [0.2, 0.25) is 5.91 Å². The Hall–Kier alpha value is -1.91. The lowest BCUT2D eigenvalue weighted by Gasteiger charge is -2.18. The highest BCUT2D eigenvalue weighted by molar-refractivity contribution is 6.04. The summed E-state index contributed by atoms with van der Waals surface area (Å²) < 4.78 is 18.5. The van der Waals surface area contributed by atoms with Crippen molar-refractivity contribution in [2.75, 3.05) is 6.61 Å². The van der Waals surface area contributed by atoms with Crippen molar-refractivity contribution in [3.05, 3.63) is 29.6 Å². The number of nitrogens with zero attached hydrogens (tertiary/aromatic N) is 1. The number of hydrazone groups is 1. The molecule has 0 fully saturated rings. The van der Waals surface area contributed by atoms with Crippen LogP contribution in [0.4, 0.5) is 4.39 Å². The molecule has 1 aliphatic rings. The number of amides is 1. The topological polar surface area (TPSA) is 50.7 Å². The molecule has 17 heavy (non-hydrogen) atoms. The Morgan fingerprint density at radius 1 is 1.59 bits per heavy atom. The number of hydrogen-bond acceptors (Lipinski definition) is 3. The van der Waals surface area contributed by atoms with Crippen molar-refractivity contribution in [1.82, 2.24) is 5.43 Å². The maximum Gasteiger partial charge on any atom is 0.239 e. The summed E-state index contributed by atoms with van der Waals surface area (Å²) in [6.45, 7) is 2.23. The molecule has 0 atom stereocenters. The number of rotatable bonds is 2. The van der Waals surface area contributed by atoms with Crippen LogP contribution in [0.2, 0.25) is 0 Å². The second kappa shape index (κ2) is 4.95. The van der Waals surface area contributed by atoms with E-state index in [-0.39, 0.29) is 11.7 Å². The lowest BCUT2D eigenvalue weighted by molar-refractivity contribution is -0.120. The van der Waals surface area contributed by atoms with E-state index in [9.17, 15) is 9.18 Å². The van der Waals surface area contributed by atoms with Crippen molar-refractivity contribution < 1.29 is 13.9 Å². The van der Waals surface area contributed by atoms with Crippen molar-refractivity contribution in [1.29, 1.82) is 0 Å². The highest BCUT2D eigenvalue weighted by Crippen LogP contribution is 2.25. The van der Waals surface area contributed by atoms with Crippen LogP contribution in [0.25, 0.3) is 0 Å². The summed E-state index contributed by atoms with van der Waals surface area (Å²) in [6.07, 6.45) is 0.920. The fourth-order valence-corrected chi connectivity index (χ4v) is 1.57. The van der Waals surface area contributed by atoms with Gasteiger partial charge in [0.15, 0.2) is 0 Å². The molecule has 0 spiro atoms. The number of benzene rings is 1. The zero-order chi connectivity index (χ0) is 12.3. The molecule has 90 valence electrons. The lowest BCUT2D eigenvalue weighted by atomic mass is 10.0. The molecule has 1 aromatic carbocycles. The summed E-state index contributed by atoms with van der Waals surface area (Å²) in [5.74, 6) is 0.0906. The molecule has 1 aromatic rings. The van der Waals surface area contributed by atoms with Crippen molar-refractivity contribution in [2.45, 2.75) is 19.8 Å². The fourth-order valence-electron chi connectivity index (χ4n) is 1.57. The second-order valence-corrected chi connectivity index (χ2v) is 3.69. The second-order valence-electron chi connectivity index (χ2n) is 3.69. The Labute approximate surface area is 98.5 Å². The van der Waals surface area contributed by atoms with E-state index in [0.717, 1.165) is 0 Å². The number of halogens is 1. The van der Waals surface area contributed by atoms with Crippen LogP contribution >= 0.6 is 0 Å². The van der Waals surface area contributed by atoms with E-state index in [0.29, 0.717) is 36.5 Å². The van der Waals surface area contributed by atoms with E-state index in [1.807, 2.05) is 0 Å². The van der Waals surface area contributed by atoms with Crippen molar-refractivity contribution in [3.8, 4) is 5.75 Å². The Morgan fingerprint density at radius 2 is 2.41 bits per heavy atom. The zero-order valence-electron chi connectivity index (χ0n) is 9.50. The number of fused-ring (bicyclic) bond motifs is 1. The number of hydrogen-bond donors (Lipinski definition) is 1. The Balaban J connectivity index is 2.27. The van der Waals surface area contributed by atoms with Gasteiger partial charge in [-0.15, -0.1) is 0 Å². The van der Waals surface area contributed by atoms with Crippen LogP contribution in [0.15, 0.2) is 23.3 Å². The van der Waals surface area contributed by atoms with Gasteiger partial charge in [0, 0.05) is 18.4 Å². The summed E-state index contributed by atoms with van der Waals surface area (Å²) >= 11 is 0. The van der Waals surface area contributed by atoms with Crippen LogP contribution in [0.5, 0.6) is 5.75 Å². The molecule has 2 rings (SSSR count). The first-order valence-corrected chi connectivity index (χ1v) is 5.49. The van der Waals surface area contributed by atoms with Gasteiger partial charge in [0.25, 0.3) is 0 Å². The van der Waals surface area contributed by atoms with E-state index in [1.165, 1.54) is 12.1 Å². The van der Waals surface area contributed by atoms with Gasteiger partial charge >= 0.3 is 0 Å². The van der Waals surface area contributed by atoms with E-state index in [2.05, 4.69) is 10.5 Å². The largest absolute Gasteiger partial charge is 0.492 e. The molecule has 0 bridgehead atoms. The van der Waals surface area contributed by atoms with Crippen LogP contribution in [0.3, 0.4) is 0 Å². The molecule has 0 radical (unpaired) electrons. The number of ether oxygens (including phenoxy) is 1. The predicted octanol–water partition coefficient (Wildman–Crippen LogP) is 1.84. The number of carbonyl (C=O) groups is 1. The quantitative estimate of drug-likeness (QED) is 0.796. The normalized spacial score (nSPS) is 16.2. The predicted molar refractivity (Wildman–Crippen MR) is 61.5 cm³/mol. The van der Waals surface area contributed by atoms with Gasteiger partial charge in [0.05, 0.1) is 12.3 Å². The highest BCUT2D eigenvalue weighted by Gasteiger charge is 2.17. The van der Waals surface area contributed by atoms with Gasteiger partial charge in [-0.05, 0) is 18.2 Å². The van der Waals surface area contributed by atoms with E-state index >= 15 is 0 Å². The summed E-state index contributed by atoms with van der Waals surface area (Å²) in [7, 11) is 0. The molecule has 0 aliphatic carbocycles. The van der Waals surface area contributed by atoms with E-state index in [4.69, 9.17) is 4.74 Å². The highest BCUT2D eigenvalue weighted by atomic mass is 19.1.